The van der Waals surface area contributed by atoms with Gasteiger partial charge < -0.3 is 14.4 Å². The van der Waals surface area contributed by atoms with E-state index in [4.69, 9.17) is 21.1 Å². The number of benzene rings is 1. The van der Waals surface area contributed by atoms with Crippen LogP contribution >= 0.6 is 11.6 Å². The monoisotopic (exact) mass is 389 g/mol. The number of carbonyl (C=O) groups is 2. The molecule has 0 spiro atoms. The first-order valence-electron chi connectivity index (χ1n) is 9.64. The van der Waals surface area contributed by atoms with E-state index in [1.54, 1.807) is 24.3 Å². The molecule has 2 aliphatic carbocycles. The number of ether oxygens (including phenoxy) is 2. The molecule has 0 N–H and O–H groups in total. The molecule has 27 heavy (non-hydrogen) atoms. The van der Waals surface area contributed by atoms with Crippen LogP contribution in [0, 0.1) is 17.8 Å². The van der Waals surface area contributed by atoms with Gasteiger partial charge in [-0.3, -0.25) is 9.59 Å². The van der Waals surface area contributed by atoms with E-state index in [0.29, 0.717) is 42.7 Å². The van der Waals surface area contributed by atoms with Gasteiger partial charge >= 0.3 is 5.97 Å². The number of morpholine rings is 1. The minimum absolute atomic E-state index is 0.0427. The van der Waals surface area contributed by atoms with Gasteiger partial charge in [-0.25, -0.2) is 0 Å². The lowest BCUT2D eigenvalue weighted by Crippen LogP contribution is -2.38. The molecule has 1 saturated heterocycles. The lowest BCUT2D eigenvalue weighted by atomic mass is 9.89. The van der Waals surface area contributed by atoms with E-state index in [2.05, 4.69) is 4.90 Å². The van der Waals surface area contributed by atoms with Crippen molar-refractivity contribution in [3.63, 3.8) is 0 Å². The fourth-order valence-electron chi connectivity index (χ4n) is 4.52. The van der Waals surface area contributed by atoms with Crippen molar-refractivity contribution >= 4 is 23.4 Å². The van der Waals surface area contributed by atoms with Gasteiger partial charge in [-0.15, -0.1) is 0 Å². The third kappa shape index (κ3) is 3.50. The lowest BCUT2D eigenvalue weighted by Gasteiger charge is -2.34. The summed E-state index contributed by atoms with van der Waals surface area (Å²) in [5, 5.41) is 0.613. The van der Waals surface area contributed by atoms with Crippen molar-refractivity contribution in [1.29, 1.82) is 0 Å². The number of hydrogen-bond acceptors (Lipinski definition) is 5. The summed E-state index contributed by atoms with van der Waals surface area (Å²) >= 11 is 5.97. The minimum Gasteiger partial charge on any atom is -0.466 e. The predicted octanol–water partition coefficient (Wildman–Crippen LogP) is 3.33. The molecule has 3 unspecified atom stereocenters. The van der Waals surface area contributed by atoms with E-state index < -0.39 is 0 Å². The molecular formula is C21H24ClNO4. The van der Waals surface area contributed by atoms with Gasteiger partial charge in [0.15, 0.2) is 5.78 Å². The van der Waals surface area contributed by atoms with Crippen LogP contribution in [0.4, 0.5) is 0 Å². The standard InChI is InChI=1S/C21H24ClNO4/c1-2-27-21(25)18-15-7-8-16(20(24)13-3-5-14(22)6-4-13)19(17(15)18)23-9-11-26-12-10-23/h3-6,15,17-18H,2,7-12H2,1H3. The van der Waals surface area contributed by atoms with Crippen LogP contribution in [0.5, 0.6) is 0 Å². The second kappa shape index (κ2) is 7.64. The van der Waals surface area contributed by atoms with Crippen LogP contribution in [0.15, 0.2) is 35.5 Å². The van der Waals surface area contributed by atoms with Crippen molar-refractivity contribution in [3.8, 4) is 0 Å². The first-order valence-corrected chi connectivity index (χ1v) is 10.0. The maximum absolute atomic E-state index is 13.3. The highest BCUT2D eigenvalue weighted by molar-refractivity contribution is 6.30. The first kappa shape index (κ1) is 18.5. The quantitative estimate of drug-likeness (QED) is 0.571. The maximum Gasteiger partial charge on any atom is 0.309 e. The molecule has 1 aromatic carbocycles. The number of rotatable bonds is 5. The van der Waals surface area contributed by atoms with Crippen molar-refractivity contribution in [2.75, 3.05) is 32.9 Å². The summed E-state index contributed by atoms with van der Waals surface area (Å²) in [5.41, 5.74) is 2.53. The molecule has 5 nitrogen and oxygen atoms in total. The van der Waals surface area contributed by atoms with Gasteiger partial charge in [-0.2, -0.15) is 0 Å². The molecule has 3 aliphatic rings. The molecule has 1 saturated carbocycles. The summed E-state index contributed by atoms with van der Waals surface area (Å²) in [7, 11) is 0. The largest absolute Gasteiger partial charge is 0.466 e. The fourth-order valence-corrected chi connectivity index (χ4v) is 4.64. The minimum atomic E-state index is -0.126. The van der Waals surface area contributed by atoms with E-state index in [1.807, 2.05) is 6.92 Å². The number of Topliss-reactive ketones (excluding diaryl/α,β-unsaturated/α-hetero) is 1. The van der Waals surface area contributed by atoms with Gasteiger partial charge in [-0.05, 0) is 49.9 Å². The molecule has 1 aliphatic heterocycles. The predicted molar refractivity (Wildman–Crippen MR) is 102 cm³/mol. The van der Waals surface area contributed by atoms with Crippen LogP contribution < -0.4 is 0 Å². The van der Waals surface area contributed by atoms with Crippen LogP contribution in [-0.4, -0.2) is 49.6 Å². The Hall–Kier alpha value is -1.85. The van der Waals surface area contributed by atoms with E-state index in [-0.39, 0.29) is 23.6 Å². The first-order chi connectivity index (χ1) is 13.1. The number of carbonyl (C=O) groups excluding carboxylic acids is 2. The van der Waals surface area contributed by atoms with Crippen LogP contribution in [-0.2, 0) is 14.3 Å². The van der Waals surface area contributed by atoms with Crippen molar-refractivity contribution in [2.45, 2.75) is 19.8 Å². The number of halogens is 1. The Morgan fingerprint density at radius 1 is 1.22 bits per heavy atom. The highest BCUT2D eigenvalue weighted by Crippen LogP contribution is 2.59. The molecule has 4 rings (SSSR count). The summed E-state index contributed by atoms with van der Waals surface area (Å²) in [4.78, 5) is 27.9. The highest BCUT2D eigenvalue weighted by atomic mass is 35.5. The Bertz CT molecular complexity index is 767. The summed E-state index contributed by atoms with van der Waals surface area (Å²) in [6, 6.07) is 7.04. The van der Waals surface area contributed by atoms with Crippen LogP contribution in [0.25, 0.3) is 0 Å². The van der Waals surface area contributed by atoms with Crippen LogP contribution in [0.3, 0.4) is 0 Å². The third-order valence-electron chi connectivity index (χ3n) is 5.81. The van der Waals surface area contributed by atoms with Gasteiger partial charge in [0, 0.05) is 40.9 Å². The molecule has 6 heteroatoms. The number of hydrogen-bond donors (Lipinski definition) is 0. The van der Waals surface area contributed by atoms with Gasteiger partial charge in [-0.1, -0.05) is 11.6 Å². The lowest BCUT2D eigenvalue weighted by molar-refractivity contribution is -0.145. The summed E-state index contributed by atoms with van der Waals surface area (Å²) in [5.74, 6) is 0.198. The van der Waals surface area contributed by atoms with Crippen molar-refractivity contribution in [3.05, 3.63) is 46.1 Å². The molecule has 0 radical (unpaired) electrons. The zero-order valence-electron chi connectivity index (χ0n) is 15.4. The Morgan fingerprint density at radius 2 is 1.93 bits per heavy atom. The number of allylic oxidation sites excluding steroid dienone is 2. The van der Waals surface area contributed by atoms with Gasteiger partial charge in [0.2, 0.25) is 0 Å². The average Bonchev–Trinajstić information content (AvgIpc) is 3.43. The summed E-state index contributed by atoms with van der Waals surface area (Å²) in [6.45, 7) is 5.03. The normalized spacial score (nSPS) is 27.2. The Balaban J connectivity index is 1.68. The molecule has 2 fully saturated rings. The summed E-state index contributed by atoms with van der Waals surface area (Å²) in [6.07, 6.45) is 1.56. The maximum atomic E-state index is 13.3. The highest BCUT2D eigenvalue weighted by Gasteiger charge is 2.60. The zero-order chi connectivity index (χ0) is 19.0. The van der Waals surface area contributed by atoms with Gasteiger partial charge in [0.25, 0.3) is 0 Å². The Labute approximate surface area is 164 Å². The SMILES string of the molecule is CCOC(=O)C1C2CCC(C(=O)c3ccc(Cl)cc3)=C(N3CCOCC3)C21. The number of nitrogens with zero attached hydrogens (tertiary/aromatic N) is 1. The summed E-state index contributed by atoms with van der Waals surface area (Å²) < 4.78 is 10.8. The topological polar surface area (TPSA) is 55.8 Å². The Kier molecular flexibility index (Phi) is 5.24. The molecule has 0 amide bonds. The van der Waals surface area contributed by atoms with Crippen molar-refractivity contribution < 1.29 is 19.1 Å². The van der Waals surface area contributed by atoms with E-state index in [1.165, 1.54) is 0 Å². The van der Waals surface area contributed by atoms with Crippen LogP contribution in [0.2, 0.25) is 5.02 Å². The molecule has 0 aromatic heterocycles. The number of ketones is 1. The molecule has 144 valence electrons. The number of fused-ring (bicyclic) bond motifs is 1. The van der Waals surface area contributed by atoms with Crippen molar-refractivity contribution in [2.24, 2.45) is 17.8 Å². The average molecular weight is 390 g/mol. The molecule has 0 bridgehead atoms. The Morgan fingerprint density at radius 3 is 2.59 bits per heavy atom. The number of esters is 1. The van der Waals surface area contributed by atoms with Crippen molar-refractivity contribution in [1.82, 2.24) is 4.90 Å². The second-order valence-electron chi connectivity index (χ2n) is 7.31. The molecule has 1 heterocycles. The molecule has 1 aromatic rings. The third-order valence-corrected chi connectivity index (χ3v) is 6.06. The molecule has 3 atom stereocenters. The van der Waals surface area contributed by atoms with Gasteiger partial charge in [0.05, 0.1) is 25.7 Å². The fraction of sp³-hybridized carbons (Fsp3) is 0.524. The van der Waals surface area contributed by atoms with E-state index >= 15 is 0 Å². The smallest absolute Gasteiger partial charge is 0.309 e. The van der Waals surface area contributed by atoms with E-state index in [0.717, 1.165) is 30.8 Å². The van der Waals surface area contributed by atoms with Gasteiger partial charge in [0.1, 0.15) is 0 Å². The van der Waals surface area contributed by atoms with E-state index in [9.17, 15) is 9.59 Å². The zero-order valence-corrected chi connectivity index (χ0v) is 16.2. The second-order valence-corrected chi connectivity index (χ2v) is 7.74. The van der Waals surface area contributed by atoms with Crippen LogP contribution in [0.1, 0.15) is 30.1 Å². The molecular weight excluding hydrogens is 366 g/mol.